The summed E-state index contributed by atoms with van der Waals surface area (Å²) in [5.41, 5.74) is 5.00. The molecule has 5 heteroatoms. The minimum atomic E-state index is 0.403. The maximum absolute atomic E-state index is 8.94. The summed E-state index contributed by atoms with van der Waals surface area (Å²) in [6.45, 7) is 0. The van der Waals surface area contributed by atoms with Crippen molar-refractivity contribution in [2.24, 2.45) is 11.8 Å². The molecule has 1 saturated carbocycles. The molecule has 4 nitrogen and oxygen atoms in total. The average molecular weight is 241 g/mol. The lowest BCUT2D eigenvalue weighted by Gasteiger charge is -2.20. The Labute approximate surface area is 100 Å². The number of nitrogens with two attached hydrogens (primary N) is 1. The molecule has 0 atom stereocenters. The van der Waals surface area contributed by atoms with Gasteiger partial charge in [0.05, 0.1) is 11.2 Å². The fraction of sp³-hybridized carbons (Fsp3) is 0.636. The topological polar surface area (TPSA) is 68.0 Å². The van der Waals surface area contributed by atoms with Gasteiger partial charge in [-0.05, 0) is 12.3 Å². The quantitative estimate of drug-likeness (QED) is 0.367. The predicted octanol–water partition coefficient (Wildman–Crippen LogP) is 1.87. The van der Waals surface area contributed by atoms with Gasteiger partial charge in [0.15, 0.2) is 0 Å². The summed E-state index contributed by atoms with van der Waals surface area (Å²) in [6, 6.07) is 0. The van der Waals surface area contributed by atoms with Crippen LogP contribution in [0.4, 0.5) is 0 Å². The van der Waals surface area contributed by atoms with Gasteiger partial charge >= 0.3 is 0 Å². The maximum atomic E-state index is 8.94. The van der Waals surface area contributed by atoms with Gasteiger partial charge in [0.1, 0.15) is 0 Å². The van der Waals surface area contributed by atoms with Crippen LogP contribution in [-0.4, -0.2) is 11.4 Å². The van der Waals surface area contributed by atoms with Gasteiger partial charge in [-0.25, -0.2) is 10.8 Å². The summed E-state index contributed by atoms with van der Waals surface area (Å²) in [4.78, 5) is 13.3. The summed E-state index contributed by atoms with van der Waals surface area (Å²) in [7, 11) is 0. The van der Waals surface area contributed by atoms with Crippen molar-refractivity contribution in [1.29, 1.82) is 0 Å². The number of carbonyl (C=O) groups excluding carboxylic acids is 1. The van der Waals surface area contributed by atoms with Gasteiger partial charge in [-0.1, -0.05) is 32.1 Å². The molecule has 3 N–H and O–H groups in total. The summed E-state index contributed by atoms with van der Waals surface area (Å²) >= 11 is 1.72. The van der Waals surface area contributed by atoms with Crippen LogP contribution < -0.4 is 11.3 Å². The summed E-state index contributed by atoms with van der Waals surface area (Å²) < 4.78 is 0. The molecule has 1 aromatic rings. The average Bonchev–Trinajstić information content (AvgIpc) is 2.84. The molecule has 1 aliphatic rings. The molecule has 0 aromatic carbocycles. The highest BCUT2D eigenvalue weighted by Crippen LogP contribution is 2.26. The lowest BCUT2D eigenvalue weighted by atomic mass is 9.86. The van der Waals surface area contributed by atoms with Crippen LogP contribution in [-0.2, 0) is 11.2 Å². The molecule has 0 spiro atoms. The largest absolute Gasteiger partial charge is 0.297 e. The van der Waals surface area contributed by atoms with Crippen molar-refractivity contribution >= 4 is 17.7 Å². The number of thiazole rings is 1. The van der Waals surface area contributed by atoms with E-state index in [1.165, 1.54) is 44.2 Å². The number of rotatable bonds is 3. The predicted molar refractivity (Wildman–Crippen MR) is 65.8 cm³/mol. The van der Waals surface area contributed by atoms with E-state index in [0.717, 1.165) is 5.92 Å². The lowest BCUT2D eigenvalue weighted by Crippen LogP contribution is -2.18. The summed E-state index contributed by atoms with van der Waals surface area (Å²) in [5, 5.41) is 2.19. The zero-order valence-corrected chi connectivity index (χ0v) is 10.2. The molecule has 1 aromatic heterocycles. The molecule has 90 valence electrons. The fourth-order valence-corrected chi connectivity index (χ4v) is 2.60. The molecular formula is C11H19N3OS. The zero-order chi connectivity index (χ0) is 11.6. The number of aromatic nitrogens is 1. The van der Waals surface area contributed by atoms with E-state index in [1.807, 2.05) is 5.51 Å². The number of nitrogens with zero attached hydrogens (tertiary/aromatic N) is 1. The lowest BCUT2D eigenvalue weighted by molar-refractivity contribution is -0.109. The van der Waals surface area contributed by atoms with Gasteiger partial charge in [0.2, 0.25) is 6.41 Å². The van der Waals surface area contributed by atoms with Crippen molar-refractivity contribution in [2.45, 2.75) is 38.5 Å². The van der Waals surface area contributed by atoms with Crippen LogP contribution in [0.15, 0.2) is 10.9 Å². The Morgan fingerprint density at radius 2 is 2.19 bits per heavy atom. The Balaban J connectivity index is 0.000000280. The molecule has 0 radical (unpaired) electrons. The first-order chi connectivity index (χ1) is 7.86. The van der Waals surface area contributed by atoms with Crippen LogP contribution in [0.2, 0.25) is 0 Å². The van der Waals surface area contributed by atoms with E-state index in [-0.39, 0.29) is 0 Å². The molecule has 1 amide bonds. The number of amides is 1. The molecule has 2 rings (SSSR count). The van der Waals surface area contributed by atoms with E-state index < -0.39 is 0 Å². The Morgan fingerprint density at radius 1 is 1.50 bits per heavy atom. The Kier molecular flexibility index (Phi) is 6.76. The fourth-order valence-electron chi connectivity index (χ4n) is 2.03. The minimum Gasteiger partial charge on any atom is -0.297 e. The van der Waals surface area contributed by atoms with E-state index in [4.69, 9.17) is 4.79 Å². The van der Waals surface area contributed by atoms with Gasteiger partial charge in [-0.3, -0.25) is 10.2 Å². The summed E-state index contributed by atoms with van der Waals surface area (Å²) in [5.74, 6) is 5.34. The Hall–Kier alpha value is -0.940. The maximum Gasteiger partial charge on any atom is 0.221 e. The first-order valence-corrected chi connectivity index (χ1v) is 6.58. The summed E-state index contributed by atoms with van der Waals surface area (Å²) in [6.07, 6.45) is 8.82. The van der Waals surface area contributed by atoms with E-state index >= 15 is 0 Å². The van der Waals surface area contributed by atoms with E-state index in [9.17, 15) is 0 Å². The van der Waals surface area contributed by atoms with Crippen LogP contribution in [0.25, 0.3) is 0 Å². The number of hydrogen-bond acceptors (Lipinski definition) is 4. The first-order valence-electron chi connectivity index (χ1n) is 5.63. The Bertz CT molecular complexity index is 271. The highest BCUT2D eigenvalue weighted by atomic mass is 32.1. The number of hydrogen-bond donors (Lipinski definition) is 2. The zero-order valence-electron chi connectivity index (χ0n) is 9.39. The number of hydrazine groups is 1. The standard InChI is InChI=1S/C10H15NS.CH4N2O/c1-2-4-9(5-3-1)6-10-7-12-8-11-10;2-3-1-4/h7-9H,1-6H2;1H,2H2,(H,3,4). The van der Waals surface area contributed by atoms with Crippen molar-refractivity contribution < 1.29 is 4.79 Å². The third-order valence-corrected chi connectivity index (χ3v) is 3.41. The van der Waals surface area contributed by atoms with Gasteiger partial charge in [-0.2, -0.15) is 0 Å². The molecule has 0 bridgehead atoms. The highest BCUT2D eigenvalue weighted by Gasteiger charge is 2.14. The van der Waals surface area contributed by atoms with Crippen LogP contribution in [0, 0.1) is 5.92 Å². The molecule has 16 heavy (non-hydrogen) atoms. The van der Waals surface area contributed by atoms with Crippen LogP contribution in [0.5, 0.6) is 0 Å². The van der Waals surface area contributed by atoms with Gasteiger partial charge in [0.25, 0.3) is 0 Å². The van der Waals surface area contributed by atoms with Crippen molar-refractivity contribution in [1.82, 2.24) is 10.4 Å². The second-order valence-electron chi connectivity index (χ2n) is 3.97. The molecule has 0 aliphatic heterocycles. The van der Waals surface area contributed by atoms with Gasteiger partial charge in [-0.15, -0.1) is 11.3 Å². The van der Waals surface area contributed by atoms with Crippen LogP contribution in [0.1, 0.15) is 37.8 Å². The van der Waals surface area contributed by atoms with Crippen molar-refractivity contribution in [3.05, 3.63) is 16.6 Å². The van der Waals surface area contributed by atoms with Gasteiger partial charge in [0, 0.05) is 5.38 Å². The third kappa shape index (κ3) is 5.23. The number of carbonyl (C=O) groups is 1. The van der Waals surface area contributed by atoms with Crippen molar-refractivity contribution in [3.8, 4) is 0 Å². The second kappa shape index (κ2) is 8.24. The molecule has 1 heterocycles. The second-order valence-corrected chi connectivity index (χ2v) is 4.69. The van der Waals surface area contributed by atoms with Crippen LogP contribution in [0.3, 0.4) is 0 Å². The van der Waals surface area contributed by atoms with E-state index in [0.29, 0.717) is 6.41 Å². The molecule has 0 unspecified atom stereocenters. The molecular weight excluding hydrogens is 222 g/mol. The van der Waals surface area contributed by atoms with E-state index in [1.54, 1.807) is 16.8 Å². The first kappa shape index (κ1) is 13.1. The van der Waals surface area contributed by atoms with E-state index in [2.05, 4.69) is 16.2 Å². The molecule has 1 aliphatic carbocycles. The van der Waals surface area contributed by atoms with Crippen LogP contribution >= 0.6 is 11.3 Å². The molecule has 1 fully saturated rings. The number of nitrogens with one attached hydrogen (secondary N) is 1. The third-order valence-electron chi connectivity index (χ3n) is 2.77. The minimum absolute atomic E-state index is 0.403. The van der Waals surface area contributed by atoms with Crippen molar-refractivity contribution in [2.75, 3.05) is 0 Å². The monoisotopic (exact) mass is 241 g/mol. The highest BCUT2D eigenvalue weighted by molar-refractivity contribution is 7.07. The van der Waals surface area contributed by atoms with Crippen molar-refractivity contribution in [3.63, 3.8) is 0 Å². The smallest absolute Gasteiger partial charge is 0.221 e. The van der Waals surface area contributed by atoms with Gasteiger partial charge < -0.3 is 0 Å². The Morgan fingerprint density at radius 3 is 2.69 bits per heavy atom. The molecule has 0 saturated heterocycles. The normalized spacial score (nSPS) is 16.1. The SMILES string of the molecule is NNC=O.c1nc(CC2CCCCC2)cs1.